The molecule has 2 N–H and O–H groups in total. The van der Waals surface area contributed by atoms with Crippen LogP contribution < -0.4 is 10.6 Å². The molecule has 1 amide bonds. The molecular formula is C15H13N3O3. The van der Waals surface area contributed by atoms with E-state index in [9.17, 15) is 14.9 Å². The molecule has 0 fully saturated rings. The molecule has 2 aromatic rings. The van der Waals surface area contributed by atoms with Crippen molar-refractivity contribution in [2.75, 3.05) is 17.2 Å². The summed E-state index contributed by atoms with van der Waals surface area (Å²) >= 11 is 0. The quantitative estimate of drug-likeness (QED) is 0.670. The molecule has 0 saturated carbocycles. The Hall–Kier alpha value is -2.89. The minimum Gasteiger partial charge on any atom is -0.384 e. The van der Waals surface area contributed by atoms with Crippen molar-refractivity contribution < 1.29 is 9.72 Å². The summed E-state index contributed by atoms with van der Waals surface area (Å²) in [5.41, 5.74) is 2.29. The summed E-state index contributed by atoms with van der Waals surface area (Å²) in [7, 11) is 0. The topological polar surface area (TPSA) is 84.3 Å². The summed E-state index contributed by atoms with van der Waals surface area (Å²) in [5.74, 6) is -0.464. The number of hydrogen-bond donors (Lipinski definition) is 2. The van der Waals surface area contributed by atoms with Gasteiger partial charge in [-0.2, -0.15) is 0 Å². The Morgan fingerprint density at radius 2 is 2.05 bits per heavy atom. The third kappa shape index (κ3) is 2.55. The lowest BCUT2D eigenvalue weighted by Crippen LogP contribution is -2.22. The third-order valence-corrected chi connectivity index (χ3v) is 3.47. The normalized spacial score (nSPS) is 15.9. The summed E-state index contributed by atoms with van der Waals surface area (Å²) in [6.45, 7) is 0.528. The Morgan fingerprint density at radius 1 is 1.24 bits per heavy atom. The van der Waals surface area contributed by atoms with Crippen molar-refractivity contribution in [1.29, 1.82) is 0 Å². The molecule has 0 spiro atoms. The SMILES string of the molecule is O=C(Nc1cccc([N+](=O)[O-])c1)C1CNc2ccccc21. The van der Waals surface area contributed by atoms with Gasteiger partial charge in [0.1, 0.15) is 0 Å². The largest absolute Gasteiger partial charge is 0.384 e. The second-order valence-corrected chi connectivity index (χ2v) is 4.82. The molecule has 6 heteroatoms. The molecule has 1 heterocycles. The Morgan fingerprint density at radius 3 is 2.86 bits per heavy atom. The molecule has 0 bridgehead atoms. The Bertz CT molecular complexity index is 715. The number of amides is 1. The lowest BCUT2D eigenvalue weighted by Gasteiger charge is -2.11. The first kappa shape index (κ1) is 13.1. The number of nitrogens with one attached hydrogen (secondary N) is 2. The smallest absolute Gasteiger partial charge is 0.271 e. The minimum absolute atomic E-state index is 0.0438. The van der Waals surface area contributed by atoms with Gasteiger partial charge in [0.05, 0.1) is 10.8 Å². The molecule has 3 rings (SSSR count). The monoisotopic (exact) mass is 283 g/mol. The number of carbonyl (C=O) groups excluding carboxylic acids is 1. The van der Waals surface area contributed by atoms with Crippen LogP contribution in [0.1, 0.15) is 11.5 Å². The van der Waals surface area contributed by atoms with Crippen LogP contribution in [0.5, 0.6) is 0 Å². The Balaban J connectivity index is 1.79. The number of para-hydroxylation sites is 1. The molecule has 0 aliphatic carbocycles. The molecule has 2 aromatic carbocycles. The van der Waals surface area contributed by atoms with Gasteiger partial charge in [-0.05, 0) is 17.7 Å². The van der Waals surface area contributed by atoms with Gasteiger partial charge < -0.3 is 10.6 Å². The number of nitro groups is 1. The van der Waals surface area contributed by atoms with Gasteiger partial charge >= 0.3 is 0 Å². The summed E-state index contributed by atoms with van der Waals surface area (Å²) in [6, 6.07) is 13.6. The van der Waals surface area contributed by atoms with Gasteiger partial charge in [0, 0.05) is 30.1 Å². The van der Waals surface area contributed by atoms with Gasteiger partial charge in [0.15, 0.2) is 0 Å². The summed E-state index contributed by atoms with van der Waals surface area (Å²) in [5, 5.41) is 16.7. The van der Waals surface area contributed by atoms with Gasteiger partial charge in [0.2, 0.25) is 5.91 Å². The molecule has 0 radical (unpaired) electrons. The number of benzene rings is 2. The predicted octanol–water partition coefficient (Wildman–Crippen LogP) is 2.74. The minimum atomic E-state index is -0.484. The van der Waals surface area contributed by atoms with Gasteiger partial charge in [-0.3, -0.25) is 14.9 Å². The third-order valence-electron chi connectivity index (χ3n) is 3.47. The number of fused-ring (bicyclic) bond motifs is 1. The van der Waals surface area contributed by atoms with E-state index in [2.05, 4.69) is 10.6 Å². The number of nitrogens with zero attached hydrogens (tertiary/aromatic N) is 1. The van der Waals surface area contributed by atoms with Crippen molar-refractivity contribution in [3.63, 3.8) is 0 Å². The molecule has 1 aliphatic heterocycles. The van der Waals surface area contributed by atoms with Crippen LogP contribution >= 0.6 is 0 Å². The van der Waals surface area contributed by atoms with E-state index >= 15 is 0 Å². The number of rotatable bonds is 3. The molecule has 0 aromatic heterocycles. The summed E-state index contributed by atoms with van der Waals surface area (Å²) in [4.78, 5) is 22.6. The maximum Gasteiger partial charge on any atom is 0.271 e. The average molecular weight is 283 g/mol. The number of hydrogen-bond acceptors (Lipinski definition) is 4. The van der Waals surface area contributed by atoms with E-state index in [0.717, 1.165) is 11.3 Å². The zero-order valence-corrected chi connectivity index (χ0v) is 11.1. The van der Waals surface area contributed by atoms with Crippen molar-refractivity contribution in [3.05, 3.63) is 64.2 Å². The Kier molecular flexibility index (Phi) is 3.27. The lowest BCUT2D eigenvalue weighted by molar-refractivity contribution is -0.384. The average Bonchev–Trinajstić information content (AvgIpc) is 2.91. The van der Waals surface area contributed by atoms with Gasteiger partial charge in [-0.25, -0.2) is 0 Å². The highest BCUT2D eigenvalue weighted by atomic mass is 16.6. The highest BCUT2D eigenvalue weighted by Crippen LogP contribution is 2.32. The van der Waals surface area contributed by atoms with Crippen molar-refractivity contribution in [2.24, 2.45) is 0 Å². The molecule has 1 atom stereocenters. The summed E-state index contributed by atoms with van der Waals surface area (Å²) < 4.78 is 0. The molecule has 21 heavy (non-hydrogen) atoms. The first-order valence-electron chi connectivity index (χ1n) is 6.53. The van der Waals surface area contributed by atoms with Crippen LogP contribution in [0.4, 0.5) is 17.1 Å². The maximum atomic E-state index is 12.3. The van der Waals surface area contributed by atoms with Gasteiger partial charge in [-0.1, -0.05) is 24.3 Å². The van der Waals surface area contributed by atoms with Crippen molar-refractivity contribution in [2.45, 2.75) is 5.92 Å². The van der Waals surface area contributed by atoms with Crippen molar-refractivity contribution in [3.8, 4) is 0 Å². The van der Waals surface area contributed by atoms with E-state index in [1.165, 1.54) is 12.1 Å². The van der Waals surface area contributed by atoms with E-state index in [1.807, 2.05) is 24.3 Å². The molecule has 1 unspecified atom stereocenters. The second kappa shape index (κ2) is 5.24. The van der Waals surface area contributed by atoms with Crippen molar-refractivity contribution >= 4 is 23.0 Å². The highest BCUT2D eigenvalue weighted by Gasteiger charge is 2.28. The van der Waals surface area contributed by atoms with Crippen LogP contribution in [-0.2, 0) is 4.79 Å². The van der Waals surface area contributed by atoms with Crippen LogP contribution in [0.2, 0.25) is 0 Å². The Labute approximate surface area is 120 Å². The van der Waals surface area contributed by atoms with E-state index in [1.54, 1.807) is 12.1 Å². The van der Waals surface area contributed by atoms with Crippen LogP contribution in [0.15, 0.2) is 48.5 Å². The van der Waals surface area contributed by atoms with E-state index in [4.69, 9.17) is 0 Å². The lowest BCUT2D eigenvalue weighted by atomic mass is 10.0. The van der Waals surface area contributed by atoms with E-state index in [-0.39, 0.29) is 17.5 Å². The first-order chi connectivity index (χ1) is 10.1. The molecule has 6 nitrogen and oxygen atoms in total. The number of carbonyl (C=O) groups is 1. The fourth-order valence-corrected chi connectivity index (χ4v) is 2.44. The zero-order valence-electron chi connectivity index (χ0n) is 11.1. The van der Waals surface area contributed by atoms with Crippen LogP contribution in [0, 0.1) is 10.1 Å². The standard InChI is InChI=1S/C15H13N3O3/c19-15(13-9-16-14-7-2-1-6-12(13)14)17-10-4-3-5-11(8-10)18(20)21/h1-8,13,16H,9H2,(H,17,19). The van der Waals surface area contributed by atoms with E-state index in [0.29, 0.717) is 12.2 Å². The second-order valence-electron chi connectivity index (χ2n) is 4.82. The maximum absolute atomic E-state index is 12.3. The number of anilines is 2. The van der Waals surface area contributed by atoms with E-state index < -0.39 is 4.92 Å². The fraction of sp³-hybridized carbons (Fsp3) is 0.133. The molecule has 106 valence electrons. The molecule has 1 aliphatic rings. The zero-order chi connectivity index (χ0) is 14.8. The fourth-order valence-electron chi connectivity index (χ4n) is 2.44. The first-order valence-corrected chi connectivity index (χ1v) is 6.53. The number of non-ortho nitro benzene ring substituents is 1. The van der Waals surface area contributed by atoms with Crippen molar-refractivity contribution in [1.82, 2.24) is 0 Å². The predicted molar refractivity (Wildman–Crippen MR) is 79.4 cm³/mol. The molecular weight excluding hydrogens is 270 g/mol. The highest BCUT2D eigenvalue weighted by molar-refractivity contribution is 5.98. The number of nitro benzene ring substituents is 1. The van der Waals surface area contributed by atoms with Crippen LogP contribution in [-0.4, -0.2) is 17.4 Å². The van der Waals surface area contributed by atoms with Gasteiger partial charge in [0.25, 0.3) is 5.69 Å². The van der Waals surface area contributed by atoms with Crippen LogP contribution in [0.25, 0.3) is 0 Å². The van der Waals surface area contributed by atoms with Crippen LogP contribution in [0.3, 0.4) is 0 Å². The van der Waals surface area contributed by atoms with Gasteiger partial charge in [-0.15, -0.1) is 0 Å². The molecule has 0 saturated heterocycles. The summed E-state index contributed by atoms with van der Waals surface area (Å²) in [6.07, 6.45) is 0.